The van der Waals surface area contributed by atoms with E-state index in [9.17, 15) is 9.18 Å². The summed E-state index contributed by atoms with van der Waals surface area (Å²) in [5, 5.41) is 4.09. The Kier molecular flexibility index (Phi) is 3.68. The van der Waals surface area contributed by atoms with Gasteiger partial charge in [0.1, 0.15) is 22.5 Å². The summed E-state index contributed by atoms with van der Waals surface area (Å²) in [5.41, 5.74) is 2.00. The normalized spacial score (nSPS) is 14.9. The predicted molar refractivity (Wildman–Crippen MR) is 101 cm³/mol. The Morgan fingerprint density at radius 2 is 1.85 bits per heavy atom. The van der Waals surface area contributed by atoms with E-state index in [1.165, 1.54) is 18.2 Å². The second-order valence-corrected chi connectivity index (χ2v) is 6.54. The van der Waals surface area contributed by atoms with Crippen molar-refractivity contribution in [1.29, 1.82) is 0 Å². The number of fused-ring (bicyclic) bond motifs is 2. The molecule has 2 aromatic heterocycles. The summed E-state index contributed by atoms with van der Waals surface area (Å²) in [7, 11) is 0. The largest absolute Gasteiger partial charge is 0.436 e. The molecule has 0 saturated carbocycles. The number of nitrogens with one attached hydrogen (secondary N) is 1. The summed E-state index contributed by atoms with van der Waals surface area (Å²) in [6, 6.07) is 11.6. The van der Waals surface area contributed by atoms with Crippen LogP contribution >= 0.6 is 0 Å². The van der Waals surface area contributed by atoms with E-state index in [0.717, 1.165) is 37.3 Å². The minimum atomic E-state index is -0.535. The van der Waals surface area contributed by atoms with Crippen LogP contribution in [0.25, 0.3) is 33.5 Å². The number of oxazole rings is 1. The molecule has 0 unspecified atom stereocenters. The summed E-state index contributed by atoms with van der Waals surface area (Å²) >= 11 is 0. The van der Waals surface area contributed by atoms with Crippen LogP contribution in [0.4, 0.5) is 10.1 Å². The molecule has 0 spiro atoms. The first-order chi connectivity index (χ1) is 13.2. The van der Waals surface area contributed by atoms with Crippen molar-refractivity contribution in [3.8, 4) is 11.5 Å². The summed E-state index contributed by atoms with van der Waals surface area (Å²) in [5.74, 6) is -0.286. The van der Waals surface area contributed by atoms with E-state index in [2.05, 4.69) is 15.2 Å². The number of benzene rings is 2. The topological polar surface area (TPSA) is 71.5 Å². The lowest BCUT2D eigenvalue weighted by Gasteiger charge is -2.29. The monoisotopic (exact) mass is 365 g/mol. The zero-order chi connectivity index (χ0) is 18.4. The van der Waals surface area contributed by atoms with Gasteiger partial charge >= 0.3 is 5.63 Å². The molecule has 0 aliphatic carbocycles. The van der Waals surface area contributed by atoms with Crippen LogP contribution in [0.3, 0.4) is 0 Å². The van der Waals surface area contributed by atoms with Gasteiger partial charge in [-0.1, -0.05) is 0 Å². The number of aromatic nitrogens is 1. The van der Waals surface area contributed by atoms with Crippen molar-refractivity contribution < 1.29 is 13.2 Å². The average molecular weight is 365 g/mol. The minimum Gasteiger partial charge on any atom is -0.436 e. The van der Waals surface area contributed by atoms with Crippen LogP contribution in [0, 0.1) is 5.82 Å². The maximum atomic E-state index is 13.4. The van der Waals surface area contributed by atoms with Crippen molar-refractivity contribution in [2.75, 3.05) is 31.1 Å². The van der Waals surface area contributed by atoms with Crippen LogP contribution in [0.1, 0.15) is 0 Å². The van der Waals surface area contributed by atoms with Crippen LogP contribution < -0.4 is 15.8 Å². The van der Waals surface area contributed by atoms with Crippen LogP contribution in [-0.2, 0) is 0 Å². The highest BCUT2D eigenvalue weighted by Gasteiger charge is 2.16. The predicted octanol–water partition coefficient (Wildman–Crippen LogP) is 3.15. The Morgan fingerprint density at radius 3 is 2.70 bits per heavy atom. The molecule has 1 fully saturated rings. The van der Waals surface area contributed by atoms with Crippen LogP contribution in [0.2, 0.25) is 0 Å². The molecule has 1 saturated heterocycles. The second kappa shape index (κ2) is 6.21. The number of nitrogens with zero attached hydrogens (tertiary/aromatic N) is 2. The third-order valence-corrected chi connectivity index (χ3v) is 4.78. The molecule has 3 heterocycles. The van der Waals surface area contributed by atoms with Gasteiger partial charge in [0.15, 0.2) is 5.58 Å². The van der Waals surface area contributed by atoms with Crippen molar-refractivity contribution in [3.63, 3.8) is 0 Å². The number of rotatable bonds is 2. The number of piperazine rings is 1. The fourth-order valence-electron chi connectivity index (χ4n) is 3.38. The van der Waals surface area contributed by atoms with E-state index in [1.807, 2.05) is 18.2 Å². The van der Waals surface area contributed by atoms with Crippen molar-refractivity contribution >= 4 is 27.8 Å². The van der Waals surface area contributed by atoms with E-state index in [1.54, 1.807) is 6.07 Å². The van der Waals surface area contributed by atoms with Crippen LogP contribution in [-0.4, -0.2) is 31.2 Å². The van der Waals surface area contributed by atoms with Gasteiger partial charge in [0.25, 0.3) is 0 Å². The van der Waals surface area contributed by atoms with Gasteiger partial charge in [0.2, 0.25) is 5.89 Å². The van der Waals surface area contributed by atoms with E-state index in [4.69, 9.17) is 8.83 Å². The quantitative estimate of drug-likeness (QED) is 0.550. The third-order valence-electron chi connectivity index (χ3n) is 4.78. The van der Waals surface area contributed by atoms with Gasteiger partial charge in [-0.25, -0.2) is 14.2 Å². The lowest BCUT2D eigenvalue weighted by atomic mass is 10.1. The third kappa shape index (κ3) is 2.86. The van der Waals surface area contributed by atoms with Crippen LogP contribution in [0.5, 0.6) is 0 Å². The van der Waals surface area contributed by atoms with E-state index >= 15 is 0 Å². The molecule has 2 aromatic carbocycles. The van der Waals surface area contributed by atoms with E-state index in [0.29, 0.717) is 16.7 Å². The Labute approximate surface area is 153 Å². The average Bonchev–Trinajstić information content (AvgIpc) is 3.10. The molecule has 1 aliphatic rings. The Bertz CT molecular complexity index is 1210. The first-order valence-electron chi connectivity index (χ1n) is 8.77. The van der Waals surface area contributed by atoms with Crippen molar-refractivity contribution in [2.45, 2.75) is 0 Å². The number of halogens is 1. The first kappa shape index (κ1) is 16.0. The van der Waals surface area contributed by atoms with Gasteiger partial charge in [-0.3, -0.25) is 0 Å². The summed E-state index contributed by atoms with van der Waals surface area (Å²) < 4.78 is 24.5. The molecule has 6 nitrogen and oxygen atoms in total. The summed E-state index contributed by atoms with van der Waals surface area (Å²) in [6.45, 7) is 3.68. The fraction of sp³-hybridized carbons (Fsp3) is 0.200. The van der Waals surface area contributed by atoms with Gasteiger partial charge in [-0.05, 0) is 30.3 Å². The van der Waals surface area contributed by atoms with Gasteiger partial charge in [-0.2, -0.15) is 0 Å². The maximum Gasteiger partial charge on any atom is 0.349 e. The molecule has 0 radical (unpaired) electrons. The maximum absolute atomic E-state index is 13.4. The molecular formula is C20H16FN3O3. The highest BCUT2D eigenvalue weighted by Crippen LogP contribution is 2.27. The summed E-state index contributed by atoms with van der Waals surface area (Å²) in [6.07, 6.45) is 0. The molecule has 1 aliphatic heterocycles. The highest BCUT2D eigenvalue weighted by atomic mass is 19.1. The molecule has 5 rings (SSSR count). The Hall–Kier alpha value is -3.19. The smallest absolute Gasteiger partial charge is 0.349 e. The van der Waals surface area contributed by atoms with Crippen molar-refractivity contribution in [1.82, 2.24) is 10.3 Å². The number of hydrogen-bond donors (Lipinski definition) is 1. The Morgan fingerprint density at radius 1 is 1.00 bits per heavy atom. The van der Waals surface area contributed by atoms with Crippen LogP contribution in [0.15, 0.2) is 56.1 Å². The molecule has 0 atom stereocenters. The van der Waals surface area contributed by atoms with Gasteiger partial charge < -0.3 is 19.1 Å². The lowest BCUT2D eigenvalue weighted by Crippen LogP contribution is -2.43. The standard InChI is InChI=1S/C20H16FN3O3/c21-13-2-4-17-16(10-13)23-19(26-17)15-9-12-1-3-14(11-18(12)27-20(15)25)24-7-5-22-6-8-24/h1-4,9-11,22H,5-8H2. The molecule has 27 heavy (non-hydrogen) atoms. The minimum absolute atomic E-state index is 0.123. The molecule has 1 N–H and O–H groups in total. The second-order valence-electron chi connectivity index (χ2n) is 6.54. The zero-order valence-electron chi connectivity index (χ0n) is 14.4. The molecule has 7 heteroatoms. The van der Waals surface area contributed by atoms with Gasteiger partial charge in [-0.15, -0.1) is 0 Å². The SMILES string of the molecule is O=c1oc2cc(N3CCNCC3)ccc2cc1-c1nc2cc(F)ccc2o1. The fourth-order valence-corrected chi connectivity index (χ4v) is 3.38. The first-order valence-corrected chi connectivity index (χ1v) is 8.77. The number of anilines is 1. The van der Waals surface area contributed by atoms with Gasteiger partial charge in [0.05, 0.1) is 0 Å². The molecule has 0 bridgehead atoms. The summed E-state index contributed by atoms with van der Waals surface area (Å²) in [4.78, 5) is 19.0. The lowest BCUT2D eigenvalue weighted by molar-refractivity contribution is 0.552. The highest BCUT2D eigenvalue weighted by molar-refractivity contribution is 5.84. The molecule has 136 valence electrons. The molecular weight excluding hydrogens is 349 g/mol. The van der Waals surface area contributed by atoms with Crippen molar-refractivity contribution in [3.05, 3.63) is 58.7 Å². The zero-order valence-corrected chi connectivity index (χ0v) is 14.4. The Balaban J connectivity index is 1.58. The molecule has 0 amide bonds. The van der Waals surface area contributed by atoms with Crippen molar-refractivity contribution in [2.24, 2.45) is 0 Å². The van der Waals surface area contributed by atoms with E-state index in [-0.39, 0.29) is 11.5 Å². The molecule has 4 aromatic rings. The number of hydrogen-bond acceptors (Lipinski definition) is 6. The van der Waals surface area contributed by atoms with E-state index < -0.39 is 11.4 Å². The van der Waals surface area contributed by atoms with Gasteiger partial charge in [0, 0.05) is 49.4 Å².